The fourth-order valence-corrected chi connectivity index (χ4v) is 2.66. The second-order valence-electron chi connectivity index (χ2n) is 5.10. The second-order valence-corrected chi connectivity index (χ2v) is 5.10. The molecule has 2 aromatic rings. The minimum atomic E-state index is -0.214. The van der Waals surface area contributed by atoms with Crippen molar-refractivity contribution in [2.45, 2.75) is 25.7 Å². The van der Waals surface area contributed by atoms with E-state index in [0.717, 1.165) is 48.7 Å². The summed E-state index contributed by atoms with van der Waals surface area (Å²) in [5.74, 6) is 1.51. The number of benzene rings is 1. The Balaban J connectivity index is 1.67. The summed E-state index contributed by atoms with van der Waals surface area (Å²) in [6, 6.07) is 4.69. The molecule has 1 unspecified atom stereocenters. The van der Waals surface area contributed by atoms with Gasteiger partial charge in [-0.05, 0) is 56.5 Å². The van der Waals surface area contributed by atoms with Crippen LogP contribution in [0.2, 0.25) is 0 Å². The Morgan fingerprint density at radius 3 is 3.17 bits per heavy atom. The Hall–Kier alpha value is -1.42. The van der Waals surface area contributed by atoms with E-state index in [9.17, 15) is 4.39 Å². The maximum Gasteiger partial charge on any atom is 0.125 e. The van der Waals surface area contributed by atoms with E-state index < -0.39 is 0 Å². The number of aromatic nitrogens is 2. The number of hydrogen-bond donors (Lipinski definition) is 2. The molecule has 3 nitrogen and oxygen atoms in total. The average Bonchev–Trinajstić information content (AvgIpc) is 2.79. The van der Waals surface area contributed by atoms with Crippen molar-refractivity contribution in [3.8, 4) is 0 Å². The van der Waals surface area contributed by atoms with Crippen molar-refractivity contribution in [3.05, 3.63) is 29.8 Å². The van der Waals surface area contributed by atoms with Crippen LogP contribution in [-0.4, -0.2) is 23.1 Å². The van der Waals surface area contributed by atoms with E-state index in [1.165, 1.54) is 25.0 Å². The first-order chi connectivity index (χ1) is 8.81. The number of hydrogen-bond acceptors (Lipinski definition) is 2. The van der Waals surface area contributed by atoms with Crippen LogP contribution in [0.5, 0.6) is 0 Å². The predicted octanol–water partition coefficient (Wildman–Crippen LogP) is 2.63. The fourth-order valence-electron chi connectivity index (χ4n) is 2.66. The van der Waals surface area contributed by atoms with Gasteiger partial charge < -0.3 is 10.3 Å². The third-order valence-corrected chi connectivity index (χ3v) is 3.68. The van der Waals surface area contributed by atoms with Crippen molar-refractivity contribution in [3.63, 3.8) is 0 Å². The summed E-state index contributed by atoms with van der Waals surface area (Å²) >= 11 is 0. The molecule has 96 valence electrons. The van der Waals surface area contributed by atoms with Crippen LogP contribution in [0.4, 0.5) is 4.39 Å². The number of nitrogens with zero attached hydrogens (tertiary/aromatic N) is 1. The number of aryl methyl sites for hydroxylation is 1. The largest absolute Gasteiger partial charge is 0.342 e. The molecule has 0 radical (unpaired) electrons. The van der Waals surface area contributed by atoms with Gasteiger partial charge in [-0.25, -0.2) is 9.37 Å². The summed E-state index contributed by atoms with van der Waals surface area (Å²) in [6.07, 6.45) is 4.68. The van der Waals surface area contributed by atoms with Gasteiger partial charge in [-0.1, -0.05) is 0 Å². The topological polar surface area (TPSA) is 40.7 Å². The smallest absolute Gasteiger partial charge is 0.125 e. The van der Waals surface area contributed by atoms with E-state index in [1.807, 2.05) is 0 Å². The van der Waals surface area contributed by atoms with Crippen molar-refractivity contribution >= 4 is 11.0 Å². The Kier molecular flexibility index (Phi) is 3.28. The van der Waals surface area contributed by atoms with Gasteiger partial charge >= 0.3 is 0 Å². The normalized spacial score (nSPS) is 20.4. The molecule has 0 saturated carbocycles. The monoisotopic (exact) mass is 247 g/mol. The lowest BCUT2D eigenvalue weighted by molar-refractivity contribution is 0.356. The lowest BCUT2D eigenvalue weighted by Gasteiger charge is -2.22. The van der Waals surface area contributed by atoms with Crippen molar-refractivity contribution in [1.82, 2.24) is 15.3 Å². The molecule has 1 saturated heterocycles. The Labute approximate surface area is 106 Å². The summed E-state index contributed by atoms with van der Waals surface area (Å²) in [7, 11) is 0. The number of H-pyrrole nitrogens is 1. The maximum absolute atomic E-state index is 13.1. The first-order valence-electron chi connectivity index (χ1n) is 6.66. The first kappa shape index (κ1) is 11.7. The summed E-state index contributed by atoms with van der Waals surface area (Å²) in [6.45, 7) is 2.27. The highest BCUT2D eigenvalue weighted by Crippen LogP contribution is 2.18. The minimum absolute atomic E-state index is 0.214. The zero-order valence-corrected chi connectivity index (χ0v) is 10.4. The van der Waals surface area contributed by atoms with Crippen molar-refractivity contribution in [1.29, 1.82) is 0 Å². The fraction of sp³-hybridized carbons (Fsp3) is 0.500. The average molecular weight is 247 g/mol. The Bertz CT molecular complexity index is 529. The molecule has 1 atom stereocenters. The molecule has 4 heteroatoms. The summed E-state index contributed by atoms with van der Waals surface area (Å²) in [4.78, 5) is 7.70. The molecule has 1 aromatic carbocycles. The van der Waals surface area contributed by atoms with Gasteiger partial charge in [-0.15, -0.1) is 0 Å². The van der Waals surface area contributed by atoms with E-state index in [2.05, 4.69) is 15.3 Å². The molecule has 1 aromatic heterocycles. The molecule has 0 spiro atoms. The van der Waals surface area contributed by atoms with Crippen LogP contribution in [0.3, 0.4) is 0 Å². The van der Waals surface area contributed by atoms with Crippen LogP contribution >= 0.6 is 0 Å². The van der Waals surface area contributed by atoms with Crippen LogP contribution in [0.1, 0.15) is 25.1 Å². The number of piperidine rings is 1. The molecule has 0 amide bonds. The lowest BCUT2D eigenvalue weighted by Crippen LogP contribution is -2.29. The second kappa shape index (κ2) is 5.06. The highest BCUT2D eigenvalue weighted by molar-refractivity contribution is 5.74. The molecule has 3 rings (SSSR count). The molecule has 1 aliphatic heterocycles. The van der Waals surface area contributed by atoms with Crippen LogP contribution < -0.4 is 5.32 Å². The zero-order valence-electron chi connectivity index (χ0n) is 10.4. The number of halogens is 1. The van der Waals surface area contributed by atoms with Gasteiger partial charge in [0.2, 0.25) is 0 Å². The van der Waals surface area contributed by atoms with Gasteiger partial charge in [0.25, 0.3) is 0 Å². The van der Waals surface area contributed by atoms with Gasteiger partial charge in [-0.3, -0.25) is 0 Å². The van der Waals surface area contributed by atoms with Crippen molar-refractivity contribution in [2.24, 2.45) is 5.92 Å². The number of nitrogens with one attached hydrogen (secondary N) is 2. The van der Waals surface area contributed by atoms with Crippen LogP contribution in [-0.2, 0) is 6.42 Å². The predicted molar refractivity (Wildman–Crippen MR) is 70.0 cm³/mol. The minimum Gasteiger partial charge on any atom is -0.342 e. The van der Waals surface area contributed by atoms with E-state index in [-0.39, 0.29) is 5.82 Å². The molecule has 18 heavy (non-hydrogen) atoms. The summed E-state index contributed by atoms with van der Waals surface area (Å²) < 4.78 is 13.1. The number of rotatable bonds is 3. The lowest BCUT2D eigenvalue weighted by atomic mass is 9.95. The standard InChI is InChI=1S/C14H18FN3/c15-11-4-5-12-13(8-11)18-14(17-12)6-3-10-2-1-7-16-9-10/h4-5,8,10,16H,1-3,6-7,9H2,(H,17,18). The molecular formula is C14H18FN3. The van der Waals surface area contributed by atoms with Gasteiger partial charge in [-0.2, -0.15) is 0 Å². The van der Waals surface area contributed by atoms with E-state index in [4.69, 9.17) is 0 Å². The van der Waals surface area contributed by atoms with Gasteiger partial charge in [0, 0.05) is 6.42 Å². The van der Waals surface area contributed by atoms with Gasteiger partial charge in [0.1, 0.15) is 11.6 Å². The number of aromatic amines is 1. The third-order valence-electron chi connectivity index (χ3n) is 3.68. The first-order valence-corrected chi connectivity index (χ1v) is 6.66. The Morgan fingerprint density at radius 2 is 2.33 bits per heavy atom. The van der Waals surface area contributed by atoms with Crippen molar-refractivity contribution < 1.29 is 4.39 Å². The third kappa shape index (κ3) is 2.53. The van der Waals surface area contributed by atoms with Crippen LogP contribution in [0.15, 0.2) is 18.2 Å². The highest BCUT2D eigenvalue weighted by atomic mass is 19.1. The molecular weight excluding hydrogens is 229 g/mol. The zero-order chi connectivity index (χ0) is 12.4. The number of fused-ring (bicyclic) bond motifs is 1. The van der Waals surface area contributed by atoms with E-state index in [0.29, 0.717) is 0 Å². The van der Waals surface area contributed by atoms with Crippen molar-refractivity contribution in [2.75, 3.05) is 13.1 Å². The highest BCUT2D eigenvalue weighted by Gasteiger charge is 2.13. The molecule has 2 heterocycles. The molecule has 0 aliphatic carbocycles. The van der Waals surface area contributed by atoms with Gasteiger partial charge in [0.05, 0.1) is 11.0 Å². The van der Waals surface area contributed by atoms with Crippen LogP contribution in [0.25, 0.3) is 11.0 Å². The quantitative estimate of drug-likeness (QED) is 0.875. The maximum atomic E-state index is 13.1. The van der Waals surface area contributed by atoms with E-state index >= 15 is 0 Å². The molecule has 1 fully saturated rings. The number of imidazole rings is 1. The SMILES string of the molecule is Fc1ccc2nc(CCC3CCCNC3)[nH]c2c1. The summed E-state index contributed by atoms with van der Waals surface area (Å²) in [5, 5.41) is 3.42. The van der Waals surface area contributed by atoms with Crippen LogP contribution in [0, 0.1) is 11.7 Å². The molecule has 2 N–H and O–H groups in total. The molecule has 1 aliphatic rings. The van der Waals surface area contributed by atoms with Gasteiger partial charge in [0.15, 0.2) is 0 Å². The molecule has 0 bridgehead atoms. The Morgan fingerprint density at radius 1 is 1.39 bits per heavy atom. The van der Waals surface area contributed by atoms with E-state index in [1.54, 1.807) is 6.07 Å². The summed E-state index contributed by atoms with van der Waals surface area (Å²) in [5.41, 5.74) is 1.65.